The number of halogens is 3. The molecule has 8 nitrogen and oxygen atoms in total. The van der Waals surface area contributed by atoms with Gasteiger partial charge in [-0.15, -0.1) is 0 Å². The van der Waals surface area contributed by atoms with E-state index < -0.39 is 23.5 Å². The van der Waals surface area contributed by atoms with Gasteiger partial charge in [0.05, 0.1) is 18.0 Å². The van der Waals surface area contributed by atoms with Crippen LogP contribution in [0.1, 0.15) is 37.0 Å². The zero-order chi connectivity index (χ0) is 23.9. The van der Waals surface area contributed by atoms with Crippen LogP contribution in [0.3, 0.4) is 0 Å². The minimum absolute atomic E-state index is 0.0494. The molecule has 0 unspecified atom stereocenters. The number of ether oxygens (including phenoxy) is 2. The van der Waals surface area contributed by atoms with Gasteiger partial charge in [0.15, 0.2) is 17.2 Å². The van der Waals surface area contributed by atoms with Gasteiger partial charge in [0.1, 0.15) is 17.2 Å². The Morgan fingerprint density at radius 3 is 2.47 bits per heavy atom. The zero-order valence-electron chi connectivity index (χ0n) is 18.0. The standard InChI is InChI=1S/C19H18F3N5O3.C2H6/c1-3-29-18(28)15-16(19(20,21)22)27-17(26-15)14-9-11(6-7-25-14)30-10-4-5-13(24-2)12(23)8-10;1-2/h4-9,24H,3,23H2,1-2H3,(H,26,27);1-2H3. The number of imidazole rings is 1. The number of aromatic nitrogens is 3. The van der Waals surface area contributed by atoms with E-state index in [0.717, 1.165) is 5.69 Å². The molecule has 0 spiro atoms. The van der Waals surface area contributed by atoms with Gasteiger partial charge < -0.3 is 25.5 Å². The summed E-state index contributed by atoms with van der Waals surface area (Å²) in [6.07, 6.45) is -3.48. The molecule has 0 fully saturated rings. The van der Waals surface area contributed by atoms with Gasteiger partial charge in [0.2, 0.25) is 0 Å². The third-order valence-electron chi connectivity index (χ3n) is 3.96. The lowest BCUT2D eigenvalue weighted by Gasteiger charge is -2.10. The second-order valence-corrected chi connectivity index (χ2v) is 6.01. The SMILES string of the molecule is CC.CCOC(=O)c1nc(-c2cc(Oc3ccc(NC)c(N)c3)ccn2)[nH]c1C(F)(F)F. The van der Waals surface area contributed by atoms with Crippen molar-refractivity contribution in [2.45, 2.75) is 26.9 Å². The molecule has 0 atom stereocenters. The van der Waals surface area contributed by atoms with Crippen molar-refractivity contribution < 1.29 is 27.4 Å². The van der Waals surface area contributed by atoms with E-state index in [4.69, 9.17) is 10.5 Å². The second-order valence-electron chi connectivity index (χ2n) is 6.01. The number of nitrogens with two attached hydrogens (primary N) is 1. The van der Waals surface area contributed by atoms with Gasteiger partial charge >= 0.3 is 12.1 Å². The Morgan fingerprint density at radius 1 is 1.19 bits per heavy atom. The van der Waals surface area contributed by atoms with Crippen molar-refractivity contribution in [3.63, 3.8) is 0 Å². The number of carbonyl (C=O) groups is 1. The van der Waals surface area contributed by atoms with Gasteiger partial charge in [-0.3, -0.25) is 4.98 Å². The fourth-order valence-electron chi connectivity index (χ4n) is 2.62. The number of rotatable bonds is 6. The summed E-state index contributed by atoms with van der Waals surface area (Å²) < 4.78 is 50.3. The Labute approximate surface area is 183 Å². The molecule has 3 rings (SSSR count). The quantitative estimate of drug-likeness (QED) is 0.352. The van der Waals surface area contributed by atoms with Crippen LogP contribution in [0.25, 0.3) is 11.5 Å². The summed E-state index contributed by atoms with van der Waals surface area (Å²) in [4.78, 5) is 21.8. The molecular weight excluding hydrogens is 427 g/mol. The van der Waals surface area contributed by atoms with Crippen molar-refractivity contribution in [1.29, 1.82) is 0 Å². The summed E-state index contributed by atoms with van der Waals surface area (Å²) in [6, 6.07) is 7.90. The van der Waals surface area contributed by atoms with Crippen molar-refractivity contribution in [2.75, 3.05) is 24.7 Å². The molecular formula is C21H24F3N5O3. The predicted molar refractivity (Wildman–Crippen MR) is 115 cm³/mol. The number of carbonyl (C=O) groups excluding carboxylic acids is 1. The molecule has 4 N–H and O–H groups in total. The molecule has 11 heteroatoms. The number of pyridine rings is 1. The molecule has 0 saturated heterocycles. The topological polar surface area (TPSA) is 115 Å². The Bertz CT molecular complexity index is 1070. The summed E-state index contributed by atoms with van der Waals surface area (Å²) in [6.45, 7) is 5.40. The van der Waals surface area contributed by atoms with Crippen molar-refractivity contribution >= 4 is 17.3 Å². The van der Waals surface area contributed by atoms with E-state index in [0.29, 0.717) is 17.2 Å². The summed E-state index contributed by atoms with van der Waals surface area (Å²) >= 11 is 0. The minimum atomic E-state index is -4.83. The van der Waals surface area contributed by atoms with E-state index in [1.54, 1.807) is 25.2 Å². The number of alkyl halides is 3. The van der Waals surface area contributed by atoms with E-state index in [1.165, 1.54) is 25.3 Å². The van der Waals surface area contributed by atoms with E-state index in [9.17, 15) is 18.0 Å². The van der Waals surface area contributed by atoms with Crippen LogP contribution in [0.4, 0.5) is 24.5 Å². The molecule has 32 heavy (non-hydrogen) atoms. The van der Waals surface area contributed by atoms with Gasteiger partial charge in [-0.25, -0.2) is 9.78 Å². The molecule has 172 valence electrons. The molecule has 2 heterocycles. The van der Waals surface area contributed by atoms with Gasteiger partial charge in [0.25, 0.3) is 0 Å². The normalized spacial score (nSPS) is 10.7. The average Bonchev–Trinajstić information content (AvgIpc) is 3.22. The molecule has 1 aromatic carbocycles. The Hall–Kier alpha value is -3.76. The first-order valence-electron chi connectivity index (χ1n) is 9.78. The Kier molecular flexibility index (Phi) is 8.05. The van der Waals surface area contributed by atoms with E-state index in [1.807, 2.05) is 13.8 Å². The smallest absolute Gasteiger partial charge is 0.433 e. The van der Waals surface area contributed by atoms with Gasteiger partial charge in [-0.1, -0.05) is 13.8 Å². The molecule has 0 aliphatic carbocycles. The highest BCUT2D eigenvalue weighted by molar-refractivity contribution is 5.89. The maximum Gasteiger partial charge on any atom is 0.433 e. The third kappa shape index (κ3) is 5.68. The number of aromatic amines is 1. The predicted octanol–water partition coefficient (Wildman–Crippen LogP) is 5.11. The van der Waals surface area contributed by atoms with Gasteiger partial charge in [0, 0.05) is 25.4 Å². The number of hydrogen-bond donors (Lipinski definition) is 3. The third-order valence-corrected chi connectivity index (χ3v) is 3.96. The van der Waals surface area contributed by atoms with Crippen molar-refractivity contribution in [1.82, 2.24) is 15.0 Å². The molecule has 0 bridgehead atoms. The van der Waals surface area contributed by atoms with Crippen molar-refractivity contribution in [3.05, 3.63) is 47.9 Å². The lowest BCUT2D eigenvalue weighted by Crippen LogP contribution is -2.15. The van der Waals surface area contributed by atoms with Crippen molar-refractivity contribution in [2.24, 2.45) is 0 Å². The van der Waals surface area contributed by atoms with Crippen LogP contribution in [0.15, 0.2) is 36.5 Å². The highest BCUT2D eigenvalue weighted by Crippen LogP contribution is 2.34. The largest absolute Gasteiger partial charge is 0.461 e. The van der Waals surface area contributed by atoms with Crippen LogP contribution in [0.5, 0.6) is 11.5 Å². The van der Waals surface area contributed by atoms with Gasteiger partial charge in [-0.2, -0.15) is 13.2 Å². The Balaban J connectivity index is 0.00000176. The highest BCUT2D eigenvalue weighted by atomic mass is 19.4. The monoisotopic (exact) mass is 451 g/mol. The number of benzene rings is 1. The first-order chi connectivity index (χ1) is 15.2. The van der Waals surface area contributed by atoms with Crippen LogP contribution in [-0.4, -0.2) is 34.6 Å². The summed E-state index contributed by atoms with van der Waals surface area (Å²) in [5.74, 6) is -0.716. The second kappa shape index (κ2) is 10.5. The van der Waals surface area contributed by atoms with Crippen LogP contribution < -0.4 is 15.8 Å². The van der Waals surface area contributed by atoms with E-state index in [2.05, 4.69) is 25.0 Å². The number of anilines is 2. The number of H-pyrrole nitrogens is 1. The number of nitrogens with zero attached hydrogens (tertiary/aromatic N) is 2. The van der Waals surface area contributed by atoms with Gasteiger partial charge in [-0.05, 0) is 25.1 Å². The number of hydrogen-bond acceptors (Lipinski definition) is 7. The number of nitrogen functional groups attached to an aromatic ring is 1. The Morgan fingerprint density at radius 2 is 1.88 bits per heavy atom. The van der Waals surface area contributed by atoms with Crippen LogP contribution in [0, 0.1) is 0 Å². The first-order valence-corrected chi connectivity index (χ1v) is 9.78. The molecule has 0 saturated carbocycles. The molecule has 3 aromatic rings. The summed E-state index contributed by atoms with van der Waals surface area (Å²) in [7, 11) is 1.73. The first kappa shape index (κ1) is 24.5. The molecule has 0 amide bonds. The molecule has 0 aliphatic heterocycles. The van der Waals surface area contributed by atoms with Crippen LogP contribution in [0.2, 0.25) is 0 Å². The number of esters is 1. The lowest BCUT2D eigenvalue weighted by atomic mass is 10.2. The fraction of sp³-hybridized carbons (Fsp3) is 0.286. The average molecular weight is 451 g/mol. The lowest BCUT2D eigenvalue weighted by molar-refractivity contribution is -0.141. The number of nitrogens with one attached hydrogen (secondary N) is 2. The van der Waals surface area contributed by atoms with E-state index >= 15 is 0 Å². The minimum Gasteiger partial charge on any atom is -0.461 e. The van der Waals surface area contributed by atoms with Crippen LogP contribution >= 0.6 is 0 Å². The maximum absolute atomic E-state index is 13.3. The fourth-order valence-corrected chi connectivity index (χ4v) is 2.62. The zero-order valence-corrected chi connectivity index (χ0v) is 18.0. The van der Waals surface area contributed by atoms with Crippen molar-refractivity contribution in [3.8, 4) is 23.0 Å². The molecule has 2 aromatic heterocycles. The molecule has 0 radical (unpaired) electrons. The molecule has 0 aliphatic rings. The maximum atomic E-state index is 13.3. The summed E-state index contributed by atoms with van der Waals surface area (Å²) in [5.41, 5.74) is 4.97. The van der Waals surface area contributed by atoms with E-state index in [-0.39, 0.29) is 18.1 Å². The van der Waals surface area contributed by atoms with Crippen LogP contribution in [-0.2, 0) is 10.9 Å². The highest BCUT2D eigenvalue weighted by Gasteiger charge is 2.39. The summed E-state index contributed by atoms with van der Waals surface area (Å²) in [5, 5.41) is 2.92.